The van der Waals surface area contributed by atoms with E-state index in [1.165, 1.54) is 18.4 Å². The molecule has 1 fully saturated rings. The number of hydrogen-bond donors (Lipinski definition) is 2. The maximum absolute atomic E-state index is 11.9. The van der Waals surface area contributed by atoms with E-state index in [4.69, 9.17) is 4.74 Å². The summed E-state index contributed by atoms with van der Waals surface area (Å²) in [5, 5.41) is 14.1. The van der Waals surface area contributed by atoms with Crippen LogP contribution >= 0.6 is 11.3 Å². The Morgan fingerprint density at radius 1 is 1.48 bits per heavy atom. The van der Waals surface area contributed by atoms with Crippen molar-refractivity contribution in [1.29, 1.82) is 0 Å². The average molecular weight is 332 g/mol. The van der Waals surface area contributed by atoms with Gasteiger partial charge in [0.25, 0.3) is 5.19 Å². The lowest BCUT2D eigenvalue weighted by molar-refractivity contribution is 0.244. The summed E-state index contributed by atoms with van der Waals surface area (Å²) in [7, 11) is 0.707. The Bertz CT molecular complexity index is 508. The lowest BCUT2D eigenvalue weighted by atomic mass is 9.95. The number of amides is 2. The van der Waals surface area contributed by atoms with E-state index in [0.717, 1.165) is 25.7 Å². The van der Waals surface area contributed by atoms with Crippen molar-refractivity contribution >= 4 is 33.3 Å². The zero-order valence-electron chi connectivity index (χ0n) is 12.1. The summed E-state index contributed by atoms with van der Waals surface area (Å²) in [6.07, 6.45) is 3.67. The molecule has 1 heterocycles. The van der Waals surface area contributed by atoms with Crippen molar-refractivity contribution in [2.45, 2.75) is 43.9 Å². The standard InChI is InChI=1S/C12H20N4O3S2/c1-3-21(18)9-6-4-5-8(7-9)13-10(17)14-11-15-16-12(19-2)20-11/h8-9H,3-7H2,1-2H3,(H2,13,14,15,17)/t8-,9+,21-/m0/s1. The van der Waals surface area contributed by atoms with Crippen LogP contribution in [-0.4, -0.2) is 44.6 Å². The second-order valence-corrected chi connectivity index (χ2v) is 7.78. The number of urea groups is 1. The molecule has 0 unspecified atom stereocenters. The van der Waals surface area contributed by atoms with Gasteiger partial charge in [-0.05, 0) is 30.6 Å². The fourth-order valence-corrected chi connectivity index (χ4v) is 4.32. The minimum atomic E-state index is -0.793. The van der Waals surface area contributed by atoms with Gasteiger partial charge < -0.3 is 10.1 Å². The Balaban J connectivity index is 1.83. The van der Waals surface area contributed by atoms with Crippen molar-refractivity contribution in [1.82, 2.24) is 15.5 Å². The van der Waals surface area contributed by atoms with Crippen molar-refractivity contribution in [3.8, 4) is 5.19 Å². The molecule has 1 aromatic rings. The molecule has 0 aliphatic heterocycles. The number of rotatable bonds is 5. The van der Waals surface area contributed by atoms with E-state index in [1.54, 1.807) is 0 Å². The first kappa shape index (κ1) is 16.2. The van der Waals surface area contributed by atoms with Gasteiger partial charge in [-0.25, -0.2) is 4.79 Å². The molecule has 0 radical (unpaired) electrons. The zero-order valence-corrected chi connectivity index (χ0v) is 13.8. The topological polar surface area (TPSA) is 93.2 Å². The van der Waals surface area contributed by atoms with Crippen LogP contribution in [0.15, 0.2) is 0 Å². The van der Waals surface area contributed by atoms with Crippen LogP contribution in [-0.2, 0) is 10.8 Å². The number of ether oxygens (including phenoxy) is 1. The number of methoxy groups -OCH3 is 1. The van der Waals surface area contributed by atoms with Gasteiger partial charge in [-0.15, -0.1) is 5.10 Å². The van der Waals surface area contributed by atoms with Gasteiger partial charge in [-0.3, -0.25) is 9.53 Å². The Morgan fingerprint density at radius 3 is 2.95 bits per heavy atom. The number of carbonyl (C=O) groups is 1. The van der Waals surface area contributed by atoms with Crippen LogP contribution in [0, 0.1) is 0 Å². The first-order chi connectivity index (χ1) is 10.1. The van der Waals surface area contributed by atoms with Crippen LogP contribution in [0.2, 0.25) is 0 Å². The quantitative estimate of drug-likeness (QED) is 0.857. The SMILES string of the molecule is CC[S@](=O)[C@@H]1CCC[C@H](NC(=O)Nc2nnc(OC)s2)C1. The third-order valence-corrected chi connectivity index (χ3v) is 5.96. The molecular weight excluding hydrogens is 312 g/mol. The molecule has 7 nitrogen and oxygen atoms in total. The highest BCUT2D eigenvalue weighted by atomic mass is 32.2. The van der Waals surface area contributed by atoms with Crippen molar-refractivity contribution in [3.63, 3.8) is 0 Å². The van der Waals surface area contributed by atoms with Gasteiger partial charge in [0, 0.05) is 27.8 Å². The van der Waals surface area contributed by atoms with E-state index in [-0.39, 0.29) is 17.3 Å². The van der Waals surface area contributed by atoms with E-state index in [2.05, 4.69) is 20.8 Å². The molecule has 0 bridgehead atoms. The molecule has 2 N–H and O–H groups in total. The van der Waals surface area contributed by atoms with Gasteiger partial charge >= 0.3 is 6.03 Å². The van der Waals surface area contributed by atoms with Crippen molar-refractivity contribution in [2.75, 3.05) is 18.2 Å². The zero-order chi connectivity index (χ0) is 15.2. The number of nitrogens with zero attached hydrogens (tertiary/aromatic N) is 2. The number of aromatic nitrogens is 2. The van der Waals surface area contributed by atoms with Gasteiger partial charge in [0.05, 0.1) is 7.11 Å². The molecule has 3 atom stereocenters. The third-order valence-electron chi connectivity index (χ3n) is 3.42. The van der Waals surface area contributed by atoms with Crippen LogP contribution in [0.4, 0.5) is 9.93 Å². The second kappa shape index (κ2) is 7.69. The molecule has 21 heavy (non-hydrogen) atoms. The maximum Gasteiger partial charge on any atom is 0.321 e. The van der Waals surface area contributed by atoms with Crippen molar-refractivity contribution in [2.24, 2.45) is 0 Å². The number of carbonyl (C=O) groups excluding carboxylic acids is 1. The number of nitrogens with one attached hydrogen (secondary N) is 2. The molecule has 0 saturated heterocycles. The fourth-order valence-electron chi connectivity index (χ4n) is 2.41. The molecular formula is C12H20N4O3S2. The van der Waals surface area contributed by atoms with Gasteiger partial charge in [0.2, 0.25) is 5.13 Å². The molecule has 9 heteroatoms. The van der Waals surface area contributed by atoms with Gasteiger partial charge in [0.15, 0.2) is 0 Å². The normalized spacial score (nSPS) is 23.3. The van der Waals surface area contributed by atoms with Gasteiger partial charge in [-0.2, -0.15) is 0 Å². The van der Waals surface area contributed by atoms with Crippen LogP contribution in [0.25, 0.3) is 0 Å². The minimum absolute atomic E-state index is 0.0640. The Hall–Kier alpha value is -1.22. The van der Waals surface area contributed by atoms with Gasteiger partial charge in [0.1, 0.15) is 0 Å². The Kier molecular flexibility index (Phi) is 5.92. The molecule has 0 aromatic carbocycles. The maximum atomic E-state index is 11.9. The second-order valence-electron chi connectivity index (χ2n) is 4.83. The molecule has 1 aromatic heterocycles. The summed E-state index contributed by atoms with van der Waals surface area (Å²) in [6, 6.07) is -0.240. The van der Waals surface area contributed by atoms with E-state index in [0.29, 0.717) is 16.1 Å². The van der Waals surface area contributed by atoms with Crippen LogP contribution < -0.4 is 15.4 Å². The third kappa shape index (κ3) is 4.63. The molecule has 2 rings (SSSR count). The summed E-state index contributed by atoms with van der Waals surface area (Å²) in [5.41, 5.74) is 0. The van der Waals surface area contributed by atoms with Crippen molar-refractivity contribution in [3.05, 3.63) is 0 Å². The average Bonchev–Trinajstić information content (AvgIpc) is 2.94. The van der Waals surface area contributed by atoms with E-state index >= 15 is 0 Å². The smallest absolute Gasteiger partial charge is 0.321 e. The lowest BCUT2D eigenvalue weighted by Gasteiger charge is -2.28. The predicted molar refractivity (Wildman–Crippen MR) is 83.3 cm³/mol. The number of anilines is 1. The van der Waals surface area contributed by atoms with Crippen molar-refractivity contribution < 1.29 is 13.7 Å². The largest absolute Gasteiger partial charge is 0.472 e. The first-order valence-electron chi connectivity index (χ1n) is 6.94. The van der Waals surface area contributed by atoms with E-state index in [1.807, 2.05) is 6.92 Å². The summed E-state index contributed by atoms with van der Waals surface area (Å²) in [5.74, 6) is 0.675. The molecule has 2 amide bonds. The van der Waals surface area contributed by atoms with Crippen LogP contribution in [0.1, 0.15) is 32.6 Å². The molecule has 118 valence electrons. The first-order valence-corrected chi connectivity index (χ1v) is 9.14. The predicted octanol–water partition coefficient (Wildman–Crippen LogP) is 1.75. The minimum Gasteiger partial charge on any atom is -0.472 e. The monoisotopic (exact) mass is 332 g/mol. The van der Waals surface area contributed by atoms with Crippen LogP contribution in [0.3, 0.4) is 0 Å². The van der Waals surface area contributed by atoms with Crippen LogP contribution in [0.5, 0.6) is 5.19 Å². The highest BCUT2D eigenvalue weighted by molar-refractivity contribution is 7.85. The highest BCUT2D eigenvalue weighted by Crippen LogP contribution is 2.24. The van der Waals surface area contributed by atoms with E-state index in [9.17, 15) is 9.00 Å². The summed E-state index contributed by atoms with van der Waals surface area (Å²) in [6.45, 7) is 1.93. The van der Waals surface area contributed by atoms with Gasteiger partial charge in [-0.1, -0.05) is 18.4 Å². The molecule has 1 aliphatic carbocycles. The summed E-state index contributed by atoms with van der Waals surface area (Å²) in [4.78, 5) is 11.9. The summed E-state index contributed by atoms with van der Waals surface area (Å²) < 4.78 is 16.8. The Morgan fingerprint density at radius 2 is 2.29 bits per heavy atom. The molecule has 0 spiro atoms. The highest BCUT2D eigenvalue weighted by Gasteiger charge is 2.26. The molecule has 1 saturated carbocycles. The summed E-state index contributed by atoms with van der Waals surface area (Å²) >= 11 is 1.17. The number of hydrogen-bond acceptors (Lipinski definition) is 6. The lowest BCUT2D eigenvalue weighted by Crippen LogP contribution is -2.42. The van der Waals surface area contributed by atoms with E-state index < -0.39 is 10.8 Å². The Labute approximate surface area is 130 Å². The molecule has 1 aliphatic rings. The fraction of sp³-hybridized carbons (Fsp3) is 0.750.